The quantitative estimate of drug-likeness (QED) is 0.0814. The number of carbonyl (C=O) groups excluding carboxylic acids is 1. The summed E-state index contributed by atoms with van der Waals surface area (Å²) >= 11 is 1.74. The van der Waals surface area contributed by atoms with E-state index in [1.807, 2.05) is 33.0 Å². The number of rotatable bonds is 12. The molecule has 1 amide bonds. The first-order chi connectivity index (χ1) is 21.4. The number of ether oxygens (including phenoxy) is 2. The van der Waals surface area contributed by atoms with Crippen LogP contribution in [-0.4, -0.2) is 65.4 Å². The third kappa shape index (κ3) is 9.51. The van der Waals surface area contributed by atoms with E-state index in [0.29, 0.717) is 24.9 Å². The summed E-state index contributed by atoms with van der Waals surface area (Å²) in [5.41, 5.74) is 3.06. The van der Waals surface area contributed by atoms with Gasteiger partial charge < -0.3 is 25.0 Å². The van der Waals surface area contributed by atoms with Gasteiger partial charge in [-0.25, -0.2) is 9.78 Å². The van der Waals surface area contributed by atoms with Gasteiger partial charge in [-0.15, -0.1) is 11.3 Å². The minimum Gasteiger partial charge on any atom is -0.444 e. The van der Waals surface area contributed by atoms with Crippen LogP contribution in [-0.2, 0) is 16.0 Å². The van der Waals surface area contributed by atoms with Crippen molar-refractivity contribution in [1.82, 2.24) is 25.5 Å². The van der Waals surface area contributed by atoms with Crippen LogP contribution in [0.3, 0.4) is 0 Å². The van der Waals surface area contributed by atoms with E-state index in [-0.39, 0.29) is 18.2 Å². The van der Waals surface area contributed by atoms with Crippen molar-refractivity contribution in [3.63, 3.8) is 0 Å². The van der Waals surface area contributed by atoms with Crippen LogP contribution in [0.2, 0.25) is 25.7 Å². The number of hydrogen-bond donors (Lipinski definition) is 3. The van der Waals surface area contributed by atoms with Gasteiger partial charge in [-0.1, -0.05) is 37.8 Å². The molecule has 3 aromatic heterocycles. The van der Waals surface area contributed by atoms with Crippen molar-refractivity contribution < 1.29 is 14.3 Å². The highest BCUT2D eigenvalue weighted by Crippen LogP contribution is 2.31. The zero-order valence-electron chi connectivity index (χ0n) is 27.4. The number of nitrogens with zero attached hydrogens (tertiary/aromatic N) is 4. The SMILES string of the molecule is CC(C)(C)OC(=O)NC1CCC(N(COCC[Si](C)(C)C)c2ncc3c(-c4cccc(NCc5cccs5)c4)[nH]nc3n2)CC1. The number of thiophene rings is 1. The van der Waals surface area contributed by atoms with Gasteiger partial charge in [-0.3, -0.25) is 5.10 Å². The molecule has 0 spiro atoms. The minimum absolute atomic E-state index is 0.0821. The maximum Gasteiger partial charge on any atom is 0.407 e. The lowest BCUT2D eigenvalue weighted by atomic mass is 9.90. The van der Waals surface area contributed by atoms with E-state index < -0.39 is 13.7 Å². The molecule has 0 saturated heterocycles. The van der Waals surface area contributed by atoms with E-state index in [2.05, 4.69) is 81.1 Å². The third-order valence-corrected chi connectivity index (χ3v) is 10.4. The summed E-state index contributed by atoms with van der Waals surface area (Å²) in [6.07, 6.45) is 4.98. The molecule has 1 aliphatic rings. The van der Waals surface area contributed by atoms with Gasteiger partial charge in [0, 0.05) is 55.6 Å². The zero-order valence-corrected chi connectivity index (χ0v) is 29.2. The van der Waals surface area contributed by atoms with Crippen LogP contribution in [0, 0.1) is 0 Å². The molecule has 4 aromatic rings. The first-order valence-corrected chi connectivity index (χ1v) is 20.4. The normalized spacial score (nSPS) is 17.3. The molecule has 0 unspecified atom stereocenters. The number of carbonyl (C=O) groups is 1. The van der Waals surface area contributed by atoms with Crippen molar-refractivity contribution in [3.8, 4) is 11.3 Å². The predicted molar refractivity (Wildman–Crippen MR) is 186 cm³/mol. The van der Waals surface area contributed by atoms with E-state index >= 15 is 0 Å². The molecule has 5 rings (SSSR count). The van der Waals surface area contributed by atoms with E-state index in [4.69, 9.17) is 19.4 Å². The van der Waals surface area contributed by atoms with Gasteiger partial charge in [-0.05, 0) is 76.1 Å². The van der Waals surface area contributed by atoms with Crippen LogP contribution in [0.5, 0.6) is 0 Å². The monoisotopic (exact) mass is 649 g/mol. The summed E-state index contributed by atoms with van der Waals surface area (Å²) < 4.78 is 11.7. The maximum atomic E-state index is 12.4. The molecule has 3 N–H and O–H groups in total. The van der Waals surface area contributed by atoms with Crippen LogP contribution in [0.1, 0.15) is 51.3 Å². The number of hydrogen-bond acceptors (Lipinski definition) is 9. The van der Waals surface area contributed by atoms with Gasteiger partial charge in [-0.2, -0.15) is 10.1 Å². The summed E-state index contributed by atoms with van der Waals surface area (Å²) in [4.78, 5) is 25.6. The number of anilines is 2. The molecule has 0 bridgehead atoms. The molecule has 1 fully saturated rings. The molecule has 0 radical (unpaired) electrons. The highest BCUT2D eigenvalue weighted by atomic mass is 32.1. The van der Waals surface area contributed by atoms with Crippen molar-refractivity contribution in [3.05, 3.63) is 52.9 Å². The Morgan fingerprint density at radius 1 is 1.13 bits per heavy atom. The Balaban J connectivity index is 1.30. The van der Waals surface area contributed by atoms with E-state index in [9.17, 15) is 4.79 Å². The summed E-state index contributed by atoms with van der Waals surface area (Å²) in [5, 5.41) is 17.3. The average molecular weight is 650 g/mol. The first-order valence-electron chi connectivity index (χ1n) is 15.9. The number of nitrogens with one attached hydrogen (secondary N) is 3. The van der Waals surface area contributed by atoms with E-state index in [1.54, 1.807) is 11.3 Å². The largest absolute Gasteiger partial charge is 0.444 e. The fourth-order valence-corrected chi connectivity index (χ4v) is 6.81. The Morgan fingerprint density at radius 2 is 1.93 bits per heavy atom. The summed E-state index contributed by atoms with van der Waals surface area (Å²) in [6.45, 7) is 14.6. The van der Waals surface area contributed by atoms with Crippen molar-refractivity contribution in [1.29, 1.82) is 0 Å². The first kappa shape index (κ1) is 32.9. The fourth-order valence-electron chi connectivity index (χ4n) is 5.41. The van der Waals surface area contributed by atoms with Gasteiger partial charge in [0.2, 0.25) is 5.95 Å². The smallest absolute Gasteiger partial charge is 0.407 e. The Morgan fingerprint density at radius 3 is 2.64 bits per heavy atom. The molecule has 0 atom stereocenters. The molecule has 1 saturated carbocycles. The van der Waals surface area contributed by atoms with Gasteiger partial charge >= 0.3 is 6.09 Å². The second kappa shape index (κ2) is 14.3. The van der Waals surface area contributed by atoms with Gasteiger partial charge in [0.05, 0.1) is 11.1 Å². The van der Waals surface area contributed by atoms with Crippen LogP contribution in [0.25, 0.3) is 22.3 Å². The molecule has 12 heteroatoms. The number of aromatic nitrogens is 4. The predicted octanol–water partition coefficient (Wildman–Crippen LogP) is 7.65. The van der Waals surface area contributed by atoms with E-state index in [1.165, 1.54) is 4.88 Å². The zero-order chi connectivity index (χ0) is 32.0. The second-order valence-electron chi connectivity index (χ2n) is 14.0. The summed E-state index contributed by atoms with van der Waals surface area (Å²) in [6, 6.07) is 13.9. The average Bonchev–Trinajstić information content (AvgIpc) is 3.65. The number of H-pyrrole nitrogens is 1. The Hall–Kier alpha value is -3.48. The summed E-state index contributed by atoms with van der Waals surface area (Å²) in [5.74, 6) is 0.614. The van der Waals surface area contributed by atoms with Gasteiger partial charge in [0.25, 0.3) is 0 Å². The standard InChI is InChI=1S/C33H47N7O3SSi/c1-33(2,3)43-32(41)36-24-12-14-26(15-13-24)40(22-42-16-18-45(4,5)6)31-35-21-28-29(38-39-30(28)37-31)23-9-7-10-25(19-23)34-20-27-11-8-17-44-27/h7-11,17,19,21,24,26,34H,12-16,18,20,22H2,1-6H3,(H,36,41)(H,35,37,38,39). The number of aromatic amines is 1. The van der Waals surface area contributed by atoms with Crippen molar-refractivity contribution in [2.24, 2.45) is 0 Å². The van der Waals surface area contributed by atoms with Gasteiger partial charge in [0.1, 0.15) is 12.3 Å². The van der Waals surface area contributed by atoms with Crippen LogP contribution in [0.15, 0.2) is 48.0 Å². The number of alkyl carbamates (subject to hydrolysis) is 1. The lowest BCUT2D eigenvalue weighted by Crippen LogP contribution is -2.46. The molecule has 10 nitrogen and oxygen atoms in total. The van der Waals surface area contributed by atoms with Crippen LogP contribution >= 0.6 is 11.3 Å². The molecule has 45 heavy (non-hydrogen) atoms. The Bertz CT molecular complexity index is 1540. The minimum atomic E-state index is -1.22. The van der Waals surface area contributed by atoms with Gasteiger partial charge in [0.15, 0.2) is 5.65 Å². The molecule has 3 heterocycles. The van der Waals surface area contributed by atoms with Crippen LogP contribution < -0.4 is 15.5 Å². The van der Waals surface area contributed by atoms with E-state index in [0.717, 1.165) is 60.6 Å². The maximum absolute atomic E-state index is 12.4. The number of fused-ring (bicyclic) bond motifs is 1. The third-order valence-electron chi connectivity index (χ3n) is 7.84. The number of benzene rings is 1. The lowest BCUT2D eigenvalue weighted by molar-refractivity contribution is 0.0488. The molecule has 1 aliphatic carbocycles. The number of amides is 1. The topological polar surface area (TPSA) is 117 Å². The van der Waals surface area contributed by atoms with Crippen molar-refractivity contribution in [2.45, 2.75) is 96.4 Å². The van der Waals surface area contributed by atoms with Crippen LogP contribution in [0.4, 0.5) is 16.4 Å². The second-order valence-corrected chi connectivity index (χ2v) is 20.6. The van der Waals surface area contributed by atoms with Crippen molar-refractivity contribution in [2.75, 3.05) is 23.6 Å². The molecular formula is C33H47N7O3SSi. The summed E-state index contributed by atoms with van der Waals surface area (Å²) in [7, 11) is -1.22. The molecule has 242 valence electrons. The fraction of sp³-hybridized carbons (Fsp3) is 0.515. The van der Waals surface area contributed by atoms with Crippen molar-refractivity contribution >= 4 is 48.2 Å². The highest BCUT2D eigenvalue weighted by molar-refractivity contribution is 7.09. The molecule has 0 aliphatic heterocycles. The molecule has 1 aromatic carbocycles. The highest BCUT2D eigenvalue weighted by Gasteiger charge is 2.30. The Labute approximate surface area is 271 Å². The Kier molecular flexibility index (Phi) is 10.5. The molecular weight excluding hydrogens is 603 g/mol. The lowest BCUT2D eigenvalue weighted by Gasteiger charge is -2.37.